The lowest BCUT2D eigenvalue weighted by atomic mass is 10.1. The first kappa shape index (κ1) is 15.4. The molecule has 0 aliphatic rings. The number of benzene rings is 1. The first-order chi connectivity index (χ1) is 10.1. The largest absolute Gasteiger partial charge is 0.394 e. The van der Waals surface area contributed by atoms with E-state index in [-0.39, 0.29) is 12.3 Å². The van der Waals surface area contributed by atoms with Crippen LogP contribution in [0.15, 0.2) is 24.4 Å². The second-order valence-electron chi connectivity index (χ2n) is 4.68. The summed E-state index contributed by atoms with van der Waals surface area (Å²) in [4.78, 5) is 10.3. The third kappa shape index (κ3) is 3.35. The van der Waals surface area contributed by atoms with Gasteiger partial charge < -0.3 is 14.9 Å². The quantitative estimate of drug-likeness (QED) is 0.574. The van der Waals surface area contributed by atoms with E-state index in [4.69, 9.17) is 9.84 Å². The van der Waals surface area contributed by atoms with Crippen molar-refractivity contribution < 1.29 is 19.9 Å². The van der Waals surface area contributed by atoms with E-state index in [1.807, 2.05) is 0 Å². The summed E-state index contributed by atoms with van der Waals surface area (Å²) in [6, 6.07) is 4.51. The number of nitro benzene ring substituents is 1. The molecular formula is C13H17N3O5. The number of hydrogen-bond donors (Lipinski definition) is 2. The lowest BCUT2D eigenvalue weighted by molar-refractivity contribution is -0.384. The van der Waals surface area contributed by atoms with Gasteiger partial charge >= 0.3 is 0 Å². The van der Waals surface area contributed by atoms with Crippen molar-refractivity contribution in [2.45, 2.75) is 25.2 Å². The Labute approximate surface area is 120 Å². The summed E-state index contributed by atoms with van der Waals surface area (Å²) in [6.45, 7) is 0.159. The number of ether oxygens (including phenoxy) is 1. The van der Waals surface area contributed by atoms with Crippen LogP contribution < -0.4 is 0 Å². The number of aryl methyl sites for hydroxylation is 1. The number of aromatic nitrogens is 2. The van der Waals surface area contributed by atoms with E-state index in [0.29, 0.717) is 18.4 Å². The fourth-order valence-corrected chi connectivity index (χ4v) is 2.16. The van der Waals surface area contributed by atoms with Crippen molar-refractivity contribution >= 4 is 16.6 Å². The van der Waals surface area contributed by atoms with Gasteiger partial charge in [0.1, 0.15) is 6.10 Å². The Morgan fingerprint density at radius 2 is 2.29 bits per heavy atom. The number of methoxy groups -OCH3 is 1. The highest BCUT2D eigenvalue weighted by Crippen LogP contribution is 2.21. The zero-order valence-electron chi connectivity index (χ0n) is 11.5. The van der Waals surface area contributed by atoms with Crippen LogP contribution in [0.1, 0.15) is 6.42 Å². The van der Waals surface area contributed by atoms with Crippen LogP contribution in [0.5, 0.6) is 0 Å². The number of nitro groups is 1. The first-order valence-corrected chi connectivity index (χ1v) is 6.48. The molecule has 0 fully saturated rings. The van der Waals surface area contributed by atoms with E-state index in [0.717, 1.165) is 5.52 Å². The van der Waals surface area contributed by atoms with E-state index < -0.39 is 17.1 Å². The third-order valence-electron chi connectivity index (χ3n) is 3.38. The van der Waals surface area contributed by atoms with Gasteiger partial charge in [-0.3, -0.25) is 14.8 Å². The zero-order chi connectivity index (χ0) is 15.4. The molecule has 0 radical (unpaired) electrons. The summed E-state index contributed by atoms with van der Waals surface area (Å²) in [5.74, 6) is 0. The van der Waals surface area contributed by atoms with Crippen molar-refractivity contribution in [3.05, 3.63) is 34.5 Å². The average molecular weight is 295 g/mol. The molecule has 0 aliphatic heterocycles. The molecule has 21 heavy (non-hydrogen) atoms. The minimum atomic E-state index is -0.808. The second kappa shape index (κ2) is 6.61. The summed E-state index contributed by atoms with van der Waals surface area (Å²) >= 11 is 0. The Kier molecular flexibility index (Phi) is 4.84. The summed E-state index contributed by atoms with van der Waals surface area (Å²) in [5.41, 5.74) is 0.771. The highest BCUT2D eigenvalue weighted by Gasteiger charge is 2.18. The summed E-state index contributed by atoms with van der Waals surface area (Å²) in [5, 5.41) is 34.5. The molecule has 0 aliphatic carbocycles. The van der Waals surface area contributed by atoms with Gasteiger partial charge in [-0.15, -0.1) is 0 Å². The third-order valence-corrected chi connectivity index (χ3v) is 3.38. The van der Waals surface area contributed by atoms with Crippen molar-refractivity contribution in [2.75, 3.05) is 13.7 Å². The number of fused-ring (bicyclic) bond motifs is 1. The SMILES string of the molecule is CO[C@@H](CO)C(O)CCn1ncc2cc([N+](=O)[O-])ccc21. The number of aliphatic hydroxyl groups is 2. The molecule has 0 saturated carbocycles. The van der Waals surface area contributed by atoms with E-state index in [1.165, 1.54) is 19.2 Å². The van der Waals surface area contributed by atoms with Gasteiger partial charge in [0.2, 0.25) is 0 Å². The molecule has 1 unspecified atom stereocenters. The summed E-state index contributed by atoms with van der Waals surface area (Å²) < 4.78 is 6.62. The van der Waals surface area contributed by atoms with Gasteiger partial charge in [-0.25, -0.2) is 0 Å². The minimum absolute atomic E-state index is 0.0156. The molecule has 2 rings (SSSR count). The van der Waals surface area contributed by atoms with E-state index >= 15 is 0 Å². The zero-order valence-corrected chi connectivity index (χ0v) is 11.5. The van der Waals surface area contributed by atoms with Gasteiger partial charge in [-0.1, -0.05) is 0 Å². The molecule has 1 aromatic carbocycles. The molecular weight excluding hydrogens is 278 g/mol. The number of non-ortho nitro benzene ring substituents is 1. The van der Waals surface area contributed by atoms with Crippen molar-refractivity contribution in [3.63, 3.8) is 0 Å². The lowest BCUT2D eigenvalue weighted by Crippen LogP contribution is -2.32. The van der Waals surface area contributed by atoms with Crippen LogP contribution in [0.25, 0.3) is 10.9 Å². The van der Waals surface area contributed by atoms with Gasteiger partial charge in [-0.05, 0) is 12.5 Å². The lowest BCUT2D eigenvalue weighted by Gasteiger charge is -2.19. The predicted octanol–water partition coefficient (Wildman–Crippen LogP) is 0.703. The van der Waals surface area contributed by atoms with Gasteiger partial charge in [-0.2, -0.15) is 5.10 Å². The fraction of sp³-hybridized carbons (Fsp3) is 0.462. The monoisotopic (exact) mass is 295 g/mol. The maximum atomic E-state index is 10.7. The molecule has 2 atom stereocenters. The van der Waals surface area contributed by atoms with Gasteiger partial charge in [0.25, 0.3) is 5.69 Å². The van der Waals surface area contributed by atoms with Crippen molar-refractivity contribution in [3.8, 4) is 0 Å². The summed E-state index contributed by atoms with van der Waals surface area (Å²) in [6.07, 6.45) is 0.465. The normalized spacial score (nSPS) is 14.2. The Balaban J connectivity index is 2.11. The van der Waals surface area contributed by atoms with Gasteiger partial charge in [0.05, 0.1) is 29.3 Å². The van der Waals surface area contributed by atoms with Gasteiger partial charge in [0.15, 0.2) is 0 Å². The number of rotatable bonds is 7. The highest BCUT2D eigenvalue weighted by atomic mass is 16.6. The van der Waals surface area contributed by atoms with E-state index in [2.05, 4.69) is 5.10 Å². The molecule has 1 heterocycles. The van der Waals surface area contributed by atoms with Crippen LogP contribution in [-0.4, -0.2) is 50.8 Å². The molecule has 8 nitrogen and oxygen atoms in total. The van der Waals surface area contributed by atoms with E-state index in [9.17, 15) is 15.2 Å². The Hall–Kier alpha value is -2.03. The van der Waals surface area contributed by atoms with E-state index in [1.54, 1.807) is 16.9 Å². The molecule has 0 spiro atoms. The Morgan fingerprint density at radius 3 is 2.90 bits per heavy atom. The molecule has 2 aromatic rings. The Bertz CT molecular complexity index is 623. The summed E-state index contributed by atoms with van der Waals surface area (Å²) in [7, 11) is 1.42. The van der Waals surface area contributed by atoms with Crippen molar-refractivity contribution in [2.24, 2.45) is 0 Å². The van der Waals surface area contributed by atoms with Crippen LogP contribution in [0.3, 0.4) is 0 Å². The average Bonchev–Trinajstić information content (AvgIpc) is 2.88. The predicted molar refractivity (Wildman–Crippen MR) is 74.9 cm³/mol. The second-order valence-corrected chi connectivity index (χ2v) is 4.68. The first-order valence-electron chi connectivity index (χ1n) is 6.48. The molecule has 1 aromatic heterocycles. The van der Waals surface area contributed by atoms with Crippen LogP contribution in [0, 0.1) is 10.1 Å². The molecule has 0 saturated heterocycles. The van der Waals surface area contributed by atoms with Crippen molar-refractivity contribution in [1.82, 2.24) is 9.78 Å². The van der Waals surface area contributed by atoms with Crippen LogP contribution in [-0.2, 0) is 11.3 Å². The van der Waals surface area contributed by atoms with Crippen molar-refractivity contribution in [1.29, 1.82) is 0 Å². The van der Waals surface area contributed by atoms with Crippen LogP contribution in [0.2, 0.25) is 0 Å². The molecule has 2 N–H and O–H groups in total. The maximum Gasteiger partial charge on any atom is 0.270 e. The highest BCUT2D eigenvalue weighted by molar-refractivity contribution is 5.81. The number of hydrogen-bond acceptors (Lipinski definition) is 6. The molecule has 0 amide bonds. The molecule has 114 valence electrons. The van der Waals surface area contributed by atoms with Crippen LogP contribution >= 0.6 is 0 Å². The minimum Gasteiger partial charge on any atom is -0.394 e. The van der Waals surface area contributed by atoms with Crippen LogP contribution in [0.4, 0.5) is 5.69 Å². The molecule has 8 heteroatoms. The fourth-order valence-electron chi connectivity index (χ4n) is 2.16. The maximum absolute atomic E-state index is 10.7. The number of nitrogens with zero attached hydrogens (tertiary/aromatic N) is 3. The smallest absolute Gasteiger partial charge is 0.270 e. The molecule has 0 bridgehead atoms. The standard InChI is InChI=1S/C13H17N3O5/c1-21-13(8-17)12(18)4-5-15-11-3-2-10(16(19)20)6-9(11)7-14-15/h2-3,6-7,12-13,17-18H,4-5,8H2,1H3/t12?,13-/m0/s1. The number of aliphatic hydroxyl groups excluding tert-OH is 2. The Morgan fingerprint density at radius 1 is 1.52 bits per heavy atom. The topological polar surface area (TPSA) is 111 Å². The van der Waals surface area contributed by atoms with Gasteiger partial charge in [0, 0.05) is 31.2 Å².